The highest BCUT2D eigenvalue weighted by Gasteiger charge is 2.24. The van der Waals surface area contributed by atoms with E-state index in [1.807, 2.05) is 0 Å². The number of ether oxygens (including phenoxy) is 2. The molecule has 1 rings (SSSR count). The molecular formula is C12H16O5. The second-order valence-corrected chi connectivity index (χ2v) is 3.71. The average molecular weight is 240 g/mol. The number of methoxy groups -OCH3 is 2. The number of aliphatic carboxylic acids is 1. The molecule has 5 heteroatoms. The SMILES string of the molecule is COc1cc(C)c(C(O)C(=O)O)c(C)c1OC. The van der Waals surface area contributed by atoms with Crippen LogP contribution in [0.4, 0.5) is 0 Å². The van der Waals surface area contributed by atoms with Gasteiger partial charge in [-0.1, -0.05) is 0 Å². The molecule has 1 unspecified atom stereocenters. The zero-order chi connectivity index (χ0) is 13.2. The van der Waals surface area contributed by atoms with Crippen molar-refractivity contribution in [1.29, 1.82) is 0 Å². The van der Waals surface area contributed by atoms with Crippen molar-refractivity contribution in [3.63, 3.8) is 0 Å². The van der Waals surface area contributed by atoms with Crippen LogP contribution in [-0.4, -0.2) is 30.4 Å². The minimum Gasteiger partial charge on any atom is -0.493 e. The van der Waals surface area contributed by atoms with Crippen LogP contribution >= 0.6 is 0 Å². The number of benzene rings is 1. The third-order valence-electron chi connectivity index (χ3n) is 2.67. The Labute approximate surface area is 99.6 Å². The van der Waals surface area contributed by atoms with Crippen molar-refractivity contribution in [3.8, 4) is 11.5 Å². The van der Waals surface area contributed by atoms with Gasteiger partial charge in [0.15, 0.2) is 17.6 Å². The van der Waals surface area contributed by atoms with Gasteiger partial charge in [0.05, 0.1) is 14.2 Å². The van der Waals surface area contributed by atoms with Gasteiger partial charge in [-0.05, 0) is 25.5 Å². The number of hydrogen-bond donors (Lipinski definition) is 2. The van der Waals surface area contributed by atoms with Crippen molar-refractivity contribution in [2.45, 2.75) is 20.0 Å². The van der Waals surface area contributed by atoms with Crippen molar-refractivity contribution in [2.24, 2.45) is 0 Å². The van der Waals surface area contributed by atoms with Gasteiger partial charge in [-0.15, -0.1) is 0 Å². The summed E-state index contributed by atoms with van der Waals surface area (Å²) >= 11 is 0. The third-order valence-corrected chi connectivity index (χ3v) is 2.67. The van der Waals surface area contributed by atoms with Gasteiger partial charge >= 0.3 is 5.97 Å². The summed E-state index contributed by atoms with van der Waals surface area (Å²) in [5.41, 5.74) is 1.56. The molecule has 0 fully saturated rings. The van der Waals surface area contributed by atoms with Gasteiger partial charge < -0.3 is 19.7 Å². The molecule has 0 aliphatic heterocycles. The van der Waals surface area contributed by atoms with E-state index in [1.165, 1.54) is 14.2 Å². The zero-order valence-corrected chi connectivity index (χ0v) is 10.3. The summed E-state index contributed by atoms with van der Waals surface area (Å²) in [5.74, 6) is -0.333. The van der Waals surface area contributed by atoms with Gasteiger partial charge in [-0.3, -0.25) is 0 Å². The fourth-order valence-electron chi connectivity index (χ4n) is 1.89. The summed E-state index contributed by atoms with van der Waals surface area (Å²) in [4.78, 5) is 10.8. The van der Waals surface area contributed by atoms with E-state index >= 15 is 0 Å². The van der Waals surface area contributed by atoms with E-state index in [0.29, 0.717) is 28.2 Å². The number of carboxylic acids is 1. The Morgan fingerprint density at radius 2 is 1.88 bits per heavy atom. The number of aliphatic hydroxyl groups is 1. The van der Waals surface area contributed by atoms with E-state index in [2.05, 4.69) is 0 Å². The normalized spacial score (nSPS) is 12.1. The largest absolute Gasteiger partial charge is 0.493 e. The first-order valence-corrected chi connectivity index (χ1v) is 5.07. The smallest absolute Gasteiger partial charge is 0.337 e. The Balaban J connectivity index is 3.47. The summed E-state index contributed by atoms with van der Waals surface area (Å²) in [5, 5.41) is 18.5. The number of carbonyl (C=O) groups is 1. The Morgan fingerprint density at radius 3 is 2.29 bits per heavy atom. The molecule has 1 aromatic carbocycles. The molecule has 2 N–H and O–H groups in total. The van der Waals surface area contributed by atoms with E-state index in [9.17, 15) is 9.90 Å². The monoisotopic (exact) mass is 240 g/mol. The van der Waals surface area contributed by atoms with Crippen LogP contribution < -0.4 is 9.47 Å². The first-order valence-electron chi connectivity index (χ1n) is 5.07. The lowest BCUT2D eigenvalue weighted by Gasteiger charge is -2.18. The second kappa shape index (κ2) is 5.05. The molecule has 94 valence electrons. The Morgan fingerprint density at radius 1 is 1.29 bits per heavy atom. The first-order chi connectivity index (χ1) is 7.93. The van der Waals surface area contributed by atoms with Crippen LogP contribution in [-0.2, 0) is 4.79 Å². The van der Waals surface area contributed by atoms with Crippen LogP contribution in [0.1, 0.15) is 22.8 Å². The van der Waals surface area contributed by atoms with Gasteiger partial charge in [0.2, 0.25) is 0 Å². The van der Waals surface area contributed by atoms with Crippen molar-refractivity contribution in [1.82, 2.24) is 0 Å². The van der Waals surface area contributed by atoms with Crippen LogP contribution in [0.2, 0.25) is 0 Å². The van der Waals surface area contributed by atoms with Gasteiger partial charge in [-0.2, -0.15) is 0 Å². The van der Waals surface area contributed by atoms with Crippen LogP contribution in [0.5, 0.6) is 11.5 Å². The lowest BCUT2D eigenvalue weighted by atomic mass is 9.96. The van der Waals surface area contributed by atoms with E-state index in [0.717, 1.165) is 0 Å². The van der Waals surface area contributed by atoms with Gasteiger partial charge in [0.1, 0.15) is 0 Å². The predicted octanol–water partition coefficient (Wildman–Crippen LogP) is 1.44. The minimum atomic E-state index is -1.56. The predicted molar refractivity (Wildman–Crippen MR) is 61.6 cm³/mol. The molecule has 0 aliphatic carbocycles. The number of aliphatic hydroxyl groups excluding tert-OH is 1. The number of rotatable bonds is 4. The molecule has 17 heavy (non-hydrogen) atoms. The van der Waals surface area contributed by atoms with Gasteiger partial charge in [-0.25, -0.2) is 4.79 Å². The molecule has 0 bridgehead atoms. The lowest BCUT2D eigenvalue weighted by Crippen LogP contribution is -2.14. The molecule has 0 amide bonds. The maximum Gasteiger partial charge on any atom is 0.337 e. The van der Waals surface area contributed by atoms with E-state index in [4.69, 9.17) is 14.6 Å². The van der Waals surface area contributed by atoms with E-state index in [-0.39, 0.29) is 0 Å². The molecular weight excluding hydrogens is 224 g/mol. The molecule has 0 heterocycles. The fraction of sp³-hybridized carbons (Fsp3) is 0.417. The molecule has 1 aromatic rings. The highest BCUT2D eigenvalue weighted by Crippen LogP contribution is 2.37. The Hall–Kier alpha value is -1.75. The topological polar surface area (TPSA) is 76.0 Å². The number of carboxylic acid groups (broad SMARTS) is 1. The van der Waals surface area contributed by atoms with E-state index in [1.54, 1.807) is 19.9 Å². The molecule has 0 spiro atoms. The maximum absolute atomic E-state index is 10.8. The van der Waals surface area contributed by atoms with Crippen molar-refractivity contribution in [3.05, 3.63) is 22.8 Å². The molecule has 0 saturated heterocycles. The van der Waals surface area contributed by atoms with Crippen LogP contribution in [0.15, 0.2) is 6.07 Å². The lowest BCUT2D eigenvalue weighted by molar-refractivity contribution is -0.147. The number of hydrogen-bond acceptors (Lipinski definition) is 4. The molecule has 5 nitrogen and oxygen atoms in total. The van der Waals surface area contributed by atoms with Crippen molar-refractivity contribution >= 4 is 5.97 Å². The average Bonchev–Trinajstić information content (AvgIpc) is 2.27. The van der Waals surface area contributed by atoms with Gasteiger partial charge in [0, 0.05) is 11.1 Å². The third kappa shape index (κ3) is 2.34. The summed E-state index contributed by atoms with van der Waals surface area (Å²) in [6.45, 7) is 3.41. The first kappa shape index (κ1) is 13.3. The maximum atomic E-state index is 10.8. The standard InChI is InChI=1S/C12H16O5/c1-6-5-8(16-3)11(17-4)7(2)9(6)10(13)12(14)15/h5,10,13H,1-4H3,(H,14,15). The van der Waals surface area contributed by atoms with E-state index < -0.39 is 12.1 Å². The van der Waals surface area contributed by atoms with Gasteiger partial charge in [0.25, 0.3) is 0 Å². The fourth-order valence-corrected chi connectivity index (χ4v) is 1.89. The second-order valence-electron chi connectivity index (χ2n) is 3.71. The minimum absolute atomic E-state index is 0.343. The number of aryl methyl sites for hydroxylation is 1. The molecule has 0 radical (unpaired) electrons. The molecule has 1 atom stereocenters. The van der Waals surface area contributed by atoms with Crippen LogP contribution in [0.3, 0.4) is 0 Å². The van der Waals surface area contributed by atoms with Crippen molar-refractivity contribution < 1.29 is 24.5 Å². The molecule has 0 saturated carbocycles. The summed E-state index contributed by atoms with van der Waals surface area (Å²) in [6.07, 6.45) is -1.56. The van der Waals surface area contributed by atoms with Crippen LogP contribution in [0, 0.1) is 13.8 Å². The highest BCUT2D eigenvalue weighted by molar-refractivity contribution is 5.76. The Bertz CT molecular complexity index is 439. The molecule has 0 aromatic heterocycles. The summed E-state index contributed by atoms with van der Waals surface area (Å²) < 4.78 is 10.3. The van der Waals surface area contributed by atoms with Crippen LogP contribution in [0.25, 0.3) is 0 Å². The molecule has 0 aliphatic rings. The Kier molecular flexibility index (Phi) is 3.96. The summed E-state index contributed by atoms with van der Waals surface area (Å²) in [6, 6.07) is 1.65. The quantitative estimate of drug-likeness (QED) is 0.832. The van der Waals surface area contributed by atoms with Crippen molar-refractivity contribution in [2.75, 3.05) is 14.2 Å². The highest BCUT2D eigenvalue weighted by atomic mass is 16.5. The zero-order valence-electron chi connectivity index (χ0n) is 10.3. The summed E-state index contributed by atoms with van der Waals surface area (Å²) in [7, 11) is 2.97.